The van der Waals surface area contributed by atoms with Crippen LogP contribution in [0.25, 0.3) is 0 Å². The van der Waals surface area contributed by atoms with E-state index >= 15 is 0 Å². The first-order valence-corrected chi connectivity index (χ1v) is 6.10. The molecule has 0 radical (unpaired) electrons. The fourth-order valence-corrected chi connectivity index (χ4v) is 2.25. The standard InChI is InChI=1S/C12H16O2S/c1-12(2,3)14-9-5-4-6-11-10(7-9)13-8-15-11/h5-7H,4,8H2,1-3H3. The molecular weight excluding hydrogens is 208 g/mol. The van der Waals surface area contributed by atoms with Crippen LogP contribution >= 0.6 is 11.8 Å². The average Bonchev–Trinajstić information content (AvgIpc) is 2.43. The lowest BCUT2D eigenvalue weighted by Crippen LogP contribution is -2.18. The molecule has 1 aliphatic heterocycles. The van der Waals surface area contributed by atoms with E-state index in [2.05, 4.69) is 32.9 Å². The second-order valence-corrected chi connectivity index (χ2v) is 5.50. The highest BCUT2D eigenvalue weighted by Crippen LogP contribution is 2.36. The fraction of sp³-hybridized carbons (Fsp3) is 0.500. The van der Waals surface area contributed by atoms with Gasteiger partial charge in [-0.15, -0.1) is 0 Å². The van der Waals surface area contributed by atoms with Gasteiger partial charge < -0.3 is 9.47 Å². The van der Waals surface area contributed by atoms with Gasteiger partial charge >= 0.3 is 0 Å². The van der Waals surface area contributed by atoms with E-state index in [-0.39, 0.29) is 5.60 Å². The van der Waals surface area contributed by atoms with E-state index in [1.165, 1.54) is 4.91 Å². The molecule has 1 aliphatic carbocycles. The molecule has 0 saturated carbocycles. The molecule has 2 nitrogen and oxygen atoms in total. The van der Waals surface area contributed by atoms with Gasteiger partial charge in [0.1, 0.15) is 23.1 Å². The molecule has 1 fully saturated rings. The second-order valence-electron chi connectivity index (χ2n) is 4.54. The van der Waals surface area contributed by atoms with Crippen molar-refractivity contribution in [2.75, 3.05) is 5.94 Å². The van der Waals surface area contributed by atoms with Crippen LogP contribution in [-0.2, 0) is 9.47 Å². The highest BCUT2D eigenvalue weighted by molar-refractivity contribution is 8.03. The predicted octanol–water partition coefficient (Wildman–Crippen LogP) is 3.58. The van der Waals surface area contributed by atoms with Crippen molar-refractivity contribution in [3.63, 3.8) is 0 Å². The quantitative estimate of drug-likeness (QED) is 0.678. The summed E-state index contributed by atoms with van der Waals surface area (Å²) in [7, 11) is 0. The minimum Gasteiger partial charge on any atom is -0.488 e. The Morgan fingerprint density at radius 1 is 1.33 bits per heavy atom. The summed E-state index contributed by atoms with van der Waals surface area (Å²) in [5.41, 5.74) is -0.154. The van der Waals surface area contributed by atoms with Gasteiger partial charge in [0.2, 0.25) is 0 Å². The molecule has 0 bridgehead atoms. The molecule has 0 N–H and O–H groups in total. The minimum atomic E-state index is -0.154. The molecule has 0 atom stereocenters. The van der Waals surface area contributed by atoms with Crippen molar-refractivity contribution in [3.8, 4) is 0 Å². The Bertz CT molecular complexity index is 345. The molecule has 1 saturated heterocycles. The van der Waals surface area contributed by atoms with Gasteiger partial charge in [0.25, 0.3) is 0 Å². The zero-order valence-electron chi connectivity index (χ0n) is 9.37. The first kappa shape index (κ1) is 10.7. The van der Waals surface area contributed by atoms with Crippen molar-refractivity contribution in [2.45, 2.75) is 32.8 Å². The van der Waals surface area contributed by atoms with Crippen molar-refractivity contribution >= 4 is 11.8 Å². The van der Waals surface area contributed by atoms with Crippen molar-refractivity contribution < 1.29 is 9.47 Å². The van der Waals surface area contributed by atoms with Crippen LogP contribution in [0.4, 0.5) is 0 Å². The van der Waals surface area contributed by atoms with Gasteiger partial charge in [0, 0.05) is 11.0 Å². The molecule has 0 aromatic carbocycles. The largest absolute Gasteiger partial charge is 0.488 e. The van der Waals surface area contributed by atoms with Crippen LogP contribution in [0.5, 0.6) is 0 Å². The second kappa shape index (κ2) is 3.97. The van der Waals surface area contributed by atoms with Crippen LogP contribution in [0.15, 0.2) is 34.7 Å². The highest BCUT2D eigenvalue weighted by Gasteiger charge is 2.20. The van der Waals surface area contributed by atoms with Gasteiger partial charge in [-0.2, -0.15) is 0 Å². The van der Waals surface area contributed by atoms with Crippen molar-refractivity contribution in [2.24, 2.45) is 0 Å². The van der Waals surface area contributed by atoms with Gasteiger partial charge in [-0.05, 0) is 33.3 Å². The molecule has 0 aromatic heterocycles. The van der Waals surface area contributed by atoms with E-state index in [1.807, 2.05) is 6.08 Å². The summed E-state index contributed by atoms with van der Waals surface area (Å²) >= 11 is 1.74. The van der Waals surface area contributed by atoms with Crippen molar-refractivity contribution in [1.29, 1.82) is 0 Å². The summed E-state index contributed by atoms with van der Waals surface area (Å²) < 4.78 is 11.3. The van der Waals surface area contributed by atoms with E-state index in [1.54, 1.807) is 11.8 Å². The van der Waals surface area contributed by atoms with Gasteiger partial charge in [-0.3, -0.25) is 0 Å². The predicted molar refractivity (Wildman–Crippen MR) is 63.2 cm³/mol. The number of allylic oxidation sites excluding steroid dienone is 3. The first-order valence-electron chi connectivity index (χ1n) is 5.12. The minimum absolute atomic E-state index is 0.154. The normalized spacial score (nSPS) is 20.6. The lowest BCUT2D eigenvalue weighted by molar-refractivity contribution is 0.0588. The lowest BCUT2D eigenvalue weighted by atomic mass is 10.2. The molecule has 0 amide bonds. The molecular formula is C12H16O2S. The third-order valence-electron chi connectivity index (χ3n) is 1.99. The van der Waals surface area contributed by atoms with Crippen LogP contribution in [0, 0.1) is 0 Å². The third-order valence-corrected chi connectivity index (χ3v) is 2.91. The SMILES string of the molecule is CC(C)(C)OC1=CCC=C2SCOC2=C1. The number of fused-ring (bicyclic) bond motifs is 1. The van der Waals surface area contributed by atoms with Crippen LogP contribution < -0.4 is 0 Å². The maximum atomic E-state index is 5.83. The monoisotopic (exact) mass is 224 g/mol. The summed E-state index contributed by atoms with van der Waals surface area (Å²) in [6, 6.07) is 0. The molecule has 2 rings (SSSR count). The zero-order valence-corrected chi connectivity index (χ0v) is 10.2. The number of hydrogen-bond donors (Lipinski definition) is 0. The van der Waals surface area contributed by atoms with E-state index in [0.29, 0.717) is 0 Å². The summed E-state index contributed by atoms with van der Waals surface area (Å²) in [6.07, 6.45) is 7.18. The Morgan fingerprint density at radius 2 is 2.13 bits per heavy atom. The molecule has 0 aromatic rings. The fourth-order valence-electron chi connectivity index (χ4n) is 1.47. The van der Waals surface area contributed by atoms with Crippen LogP contribution in [0.3, 0.4) is 0 Å². The Hall–Kier alpha value is -0.830. The average molecular weight is 224 g/mol. The summed E-state index contributed by atoms with van der Waals surface area (Å²) in [4.78, 5) is 1.23. The van der Waals surface area contributed by atoms with Crippen LogP contribution in [-0.4, -0.2) is 11.5 Å². The Kier molecular flexibility index (Phi) is 2.83. The molecule has 82 valence electrons. The number of ether oxygens (including phenoxy) is 2. The smallest absolute Gasteiger partial charge is 0.138 e. The maximum Gasteiger partial charge on any atom is 0.138 e. The van der Waals surface area contributed by atoms with E-state index < -0.39 is 0 Å². The molecule has 0 spiro atoms. The van der Waals surface area contributed by atoms with Gasteiger partial charge in [0.05, 0.1) is 0 Å². The maximum absolute atomic E-state index is 5.83. The third kappa shape index (κ3) is 2.81. The van der Waals surface area contributed by atoms with Crippen LogP contribution in [0.1, 0.15) is 27.2 Å². The van der Waals surface area contributed by atoms with Crippen molar-refractivity contribution in [1.82, 2.24) is 0 Å². The Labute approximate surface area is 95.0 Å². The highest BCUT2D eigenvalue weighted by atomic mass is 32.2. The summed E-state index contributed by atoms with van der Waals surface area (Å²) in [5.74, 6) is 2.58. The molecule has 2 aliphatic rings. The molecule has 15 heavy (non-hydrogen) atoms. The summed E-state index contributed by atoms with van der Waals surface area (Å²) in [6.45, 7) is 6.15. The number of thioether (sulfide) groups is 1. The zero-order chi connectivity index (χ0) is 10.9. The van der Waals surface area contributed by atoms with E-state index in [4.69, 9.17) is 9.47 Å². The lowest BCUT2D eigenvalue weighted by Gasteiger charge is -2.21. The number of rotatable bonds is 1. The van der Waals surface area contributed by atoms with E-state index in [0.717, 1.165) is 23.9 Å². The summed E-state index contributed by atoms with van der Waals surface area (Å²) in [5, 5.41) is 0. The first-order chi connectivity index (χ1) is 7.04. The van der Waals surface area contributed by atoms with Gasteiger partial charge in [-0.25, -0.2) is 0 Å². The van der Waals surface area contributed by atoms with Gasteiger partial charge in [0.15, 0.2) is 0 Å². The molecule has 1 heterocycles. The number of hydrogen-bond acceptors (Lipinski definition) is 3. The van der Waals surface area contributed by atoms with Gasteiger partial charge in [-0.1, -0.05) is 17.8 Å². The Morgan fingerprint density at radius 3 is 2.87 bits per heavy atom. The Balaban J connectivity index is 2.16. The molecule has 0 unspecified atom stereocenters. The van der Waals surface area contributed by atoms with Crippen LogP contribution in [0.2, 0.25) is 0 Å². The molecule has 3 heteroatoms. The van der Waals surface area contributed by atoms with E-state index in [9.17, 15) is 0 Å². The van der Waals surface area contributed by atoms with Crippen molar-refractivity contribution in [3.05, 3.63) is 34.7 Å². The topological polar surface area (TPSA) is 18.5 Å².